The summed E-state index contributed by atoms with van der Waals surface area (Å²) in [5.74, 6) is 0.458. The van der Waals surface area contributed by atoms with E-state index >= 15 is 0 Å². The van der Waals surface area contributed by atoms with Gasteiger partial charge in [-0.1, -0.05) is 18.2 Å². The van der Waals surface area contributed by atoms with Gasteiger partial charge >= 0.3 is 0 Å². The standard InChI is InChI=1S/C14H19N3O2/c1-17-9-7-12(8-10-17)15-16-14(18)11-19-13-5-3-2-4-6-13/h2-6H,7-11H2,1H3,(H,16,18). The van der Waals surface area contributed by atoms with Gasteiger partial charge < -0.3 is 9.64 Å². The molecule has 0 aromatic heterocycles. The molecule has 1 fully saturated rings. The fourth-order valence-corrected chi connectivity index (χ4v) is 1.83. The third-order valence-electron chi connectivity index (χ3n) is 3.02. The number of benzene rings is 1. The minimum atomic E-state index is -0.227. The second kappa shape index (κ2) is 6.89. The summed E-state index contributed by atoms with van der Waals surface area (Å²) in [7, 11) is 2.09. The van der Waals surface area contributed by atoms with E-state index < -0.39 is 0 Å². The van der Waals surface area contributed by atoms with Crippen molar-refractivity contribution in [1.82, 2.24) is 10.3 Å². The van der Waals surface area contributed by atoms with Gasteiger partial charge in [0.05, 0.1) is 0 Å². The van der Waals surface area contributed by atoms with E-state index in [0.717, 1.165) is 31.6 Å². The third kappa shape index (κ3) is 4.71. The van der Waals surface area contributed by atoms with Crippen LogP contribution in [-0.4, -0.2) is 43.3 Å². The van der Waals surface area contributed by atoms with Crippen molar-refractivity contribution in [3.8, 4) is 5.75 Å². The van der Waals surface area contributed by atoms with Crippen molar-refractivity contribution in [2.75, 3.05) is 26.7 Å². The highest BCUT2D eigenvalue weighted by atomic mass is 16.5. The average Bonchev–Trinajstić information content (AvgIpc) is 2.45. The van der Waals surface area contributed by atoms with Crippen molar-refractivity contribution < 1.29 is 9.53 Å². The largest absolute Gasteiger partial charge is 0.484 e. The molecule has 5 nitrogen and oxygen atoms in total. The molecule has 1 aliphatic heterocycles. The van der Waals surface area contributed by atoms with Crippen LogP contribution in [0.3, 0.4) is 0 Å². The van der Waals surface area contributed by atoms with E-state index in [0.29, 0.717) is 5.75 Å². The lowest BCUT2D eigenvalue weighted by Gasteiger charge is -2.22. The van der Waals surface area contributed by atoms with E-state index in [-0.39, 0.29) is 12.5 Å². The van der Waals surface area contributed by atoms with Gasteiger partial charge in [0.15, 0.2) is 6.61 Å². The van der Waals surface area contributed by atoms with Crippen molar-refractivity contribution in [2.45, 2.75) is 12.8 Å². The van der Waals surface area contributed by atoms with E-state index in [1.165, 1.54) is 0 Å². The molecule has 0 bridgehead atoms. The van der Waals surface area contributed by atoms with Gasteiger partial charge in [-0.15, -0.1) is 0 Å². The number of carbonyl (C=O) groups is 1. The zero-order chi connectivity index (χ0) is 13.5. The lowest BCUT2D eigenvalue weighted by Crippen LogP contribution is -2.32. The maximum Gasteiger partial charge on any atom is 0.277 e. The van der Waals surface area contributed by atoms with Crippen LogP contribution in [0, 0.1) is 0 Å². The predicted octanol–water partition coefficient (Wildman–Crippen LogP) is 1.26. The van der Waals surface area contributed by atoms with Crippen LogP contribution in [0.5, 0.6) is 5.75 Å². The van der Waals surface area contributed by atoms with Gasteiger partial charge in [0.1, 0.15) is 5.75 Å². The van der Waals surface area contributed by atoms with Crippen LogP contribution in [0.1, 0.15) is 12.8 Å². The lowest BCUT2D eigenvalue weighted by molar-refractivity contribution is -0.123. The molecule has 1 saturated heterocycles. The summed E-state index contributed by atoms with van der Waals surface area (Å²) in [4.78, 5) is 13.8. The number of rotatable bonds is 4. The Labute approximate surface area is 113 Å². The molecular weight excluding hydrogens is 242 g/mol. The first kappa shape index (κ1) is 13.5. The first-order chi connectivity index (χ1) is 9.24. The van der Waals surface area contributed by atoms with Gasteiger partial charge in [-0.25, -0.2) is 5.43 Å². The Bertz CT molecular complexity index is 435. The first-order valence-electron chi connectivity index (χ1n) is 6.45. The van der Waals surface area contributed by atoms with Crippen molar-refractivity contribution in [3.63, 3.8) is 0 Å². The van der Waals surface area contributed by atoms with E-state index in [9.17, 15) is 4.79 Å². The highest BCUT2D eigenvalue weighted by Crippen LogP contribution is 2.07. The molecule has 1 N–H and O–H groups in total. The van der Waals surface area contributed by atoms with Crippen LogP contribution in [-0.2, 0) is 4.79 Å². The SMILES string of the molecule is CN1CCC(=NNC(=O)COc2ccccc2)CC1. The Morgan fingerprint density at radius 1 is 1.32 bits per heavy atom. The monoisotopic (exact) mass is 261 g/mol. The molecule has 1 aromatic carbocycles. The molecule has 1 amide bonds. The Morgan fingerprint density at radius 3 is 2.68 bits per heavy atom. The summed E-state index contributed by atoms with van der Waals surface area (Å²) in [5.41, 5.74) is 3.59. The molecule has 19 heavy (non-hydrogen) atoms. The summed E-state index contributed by atoms with van der Waals surface area (Å²) in [6.45, 7) is 1.98. The zero-order valence-electron chi connectivity index (χ0n) is 11.1. The molecule has 0 aliphatic carbocycles. The number of carbonyl (C=O) groups excluding carboxylic acids is 1. The number of amides is 1. The molecule has 0 saturated carbocycles. The normalized spacial score (nSPS) is 15.9. The summed E-state index contributed by atoms with van der Waals surface area (Å²) < 4.78 is 5.34. The van der Waals surface area contributed by atoms with E-state index in [4.69, 9.17) is 4.74 Å². The molecule has 0 atom stereocenters. The molecule has 5 heteroatoms. The molecule has 1 heterocycles. The molecule has 0 radical (unpaired) electrons. The average molecular weight is 261 g/mol. The van der Waals surface area contributed by atoms with E-state index in [1.807, 2.05) is 30.3 Å². The summed E-state index contributed by atoms with van der Waals surface area (Å²) >= 11 is 0. The summed E-state index contributed by atoms with van der Waals surface area (Å²) in [5, 5.41) is 4.14. The molecular formula is C14H19N3O2. The van der Waals surface area contributed by atoms with Gasteiger partial charge in [0.25, 0.3) is 5.91 Å². The molecule has 1 aliphatic rings. The van der Waals surface area contributed by atoms with Crippen LogP contribution in [0.2, 0.25) is 0 Å². The Kier molecular flexibility index (Phi) is 4.92. The molecule has 0 spiro atoms. The fraction of sp³-hybridized carbons (Fsp3) is 0.429. The zero-order valence-corrected chi connectivity index (χ0v) is 11.1. The number of nitrogens with zero attached hydrogens (tertiary/aromatic N) is 2. The highest BCUT2D eigenvalue weighted by molar-refractivity contribution is 5.87. The summed E-state index contributed by atoms with van der Waals surface area (Å²) in [6, 6.07) is 9.27. The second-order valence-electron chi connectivity index (χ2n) is 4.62. The second-order valence-corrected chi connectivity index (χ2v) is 4.62. The fourth-order valence-electron chi connectivity index (χ4n) is 1.83. The number of hydrogen-bond acceptors (Lipinski definition) is 4. The van der Waals surface area contributed by atoms with Crippen molar-refractivity contribution >= 4 is 11.6 Å². The van der Waals surface area contributed by atoms with Gasteiger partial charge in [0, 0.05) is 31.6 Å². The van der Waals surface area contributed by atoms with Crippen LogP contribution < -0.4 is 10.2 Å². The number of piperidine rings is 1. The van der Waals surface area contributed by atoms with Crippen molar-refractivity contribution in [3.05, 3.63) is 30.3 Å². The third-order valence-corrected chi connectivity index (χ3v) is 3.02. The minimum absolute atomic E-state index is 0.0132. The van der Waals surface area contributed by atoms with Gasteiger partial charge in [0.2, 0.25) is 0 Å². The first-order valence-corrected chi connectivity index (χ1v) is 6.45. The Hall–Kier alpha value is -1.88. The molecule has 102 valence electrons. The minimum Gasteiger partial charge on any atom is -0.484 e. The van der Waals surface area contributed by atoms with Crippen molar-refractivity contribution in [2.24, 2.45) is 5.10 Å². The van der Waals surface area contributed by atoms with Gasteiger partial charge in [-0.05, 0) is 19.2 Å². The maximum atomic E-state index is 11.6. The number of hydrogen-bond donors (Lipinski definition) is 1. The summed E-state index contributed by atoms with van der Waals surface area (Å²) in [6.07, 6.45) is 1.83. The van der Waals surface area contributed by atoms with Gasteiger partial charge in [-0.2, -0.15) is 5.10 Å². The van der Waals surface area contributed by atoms with Gasteiger partial charge in [-0.3, -0.25) is 4.79 Å². The molecule has 1 aromatic rings. The Morgan fingerprint density at radius 2 is 2.00 bits per heavy atom. The van der Waals surface area contributed by atoms with Crippen molar-refractivity contribution in [1.29, 1.82) is 0 Å². The number of hydrazone groups is 1. The number of ether oxygens (including phenoxy) is 1. The quantitative estimate of drug-likeness (QED) is 0.830. The van der Waals surface area contributed by atoms with Crippen LogP contribution in [0.15, 0.2) is 35.4 Å². The molecule has 2 rings (SSSR count). The maximum absolute atomic E-state index is 11.6. The number of likely N-dealkylation sites (tertiary alicyclic amines) is 1. The van der Waals surface area contributed by atoms with Crippen LogP contribution >= 0.6 is 0 Å². The highest BCUT2D eigenvalue weighted by Gasteiger charge is 2.11. The Balaban J connectivity index is 1.71. The van der Waals surface area contributed by atoms with E-state index in [1.54, 1.807) is 0 Å². The topological polar surface area (TPSA) is 53.9 Å². The predicted molar refractivity (Wildman–Crippen MR) is 74.2 cm³/mol. The number of nitrogens with one attached hydrogen (secondary N) is 1. The van der Waals surface area contributed by atoms with E-state index in [2.05, 4.69) is 22.5 Å². The van der Waals surface area contributed by atoms with Crippen LogP contribution in [0.4, 0.5) is 0 Å². The number of para-hydroxylation sites is 1. The lowest BCUT2D eigenvalue weighted by atomic mass is 10.1. The smallest absolute Gasteiger partial charge is 0.277 e. The molecule has 0 unspecified atom stereocenters. The van der Waals surface area contributed by atoms with Crippen LogP contribution in [0.25, 0.3) is 0 Å².